The lowest BCUT2D eigenvalue weighted by Crippen LogP contribution is -2.32. The zero-order valence-corrected chi connectivity index (χ0v) is 16.8. The van der Waals surface area contributed by atoms with Crippen molar-refractivity contribution in [1.29, 1.82) is 0 Å². The molecule has 0 atom stereocenters. The summed E-state index contributed by atoms with van der Waals surface area (Å²) >= 11 is 0. The summed E-state index contributed by atoms with van der Waals surface area (Å²) in [5.41, 5.74) is 4.10. The Balaban J connectivity index is 2.14. The Kier molecular flexibility index (Phi) is 5.40. The molecule has 0 spiro atoms. The maximum Gasteiger partial charge on any atom is 0.278 e. The summed E-state index contributed by atoms with van der Waals surface area (Å²) in [4.78, 5) is 27.1. The summed E-state index contributed by atoms with van der Waals surface area (Å²) in [5, 5.41) is 3.19. The standard InChI is InChI=1S/C22H24N2O4/c1-6-24-21(25)19(15-8-10-17(27-4)18(12-15)28-5)20(22(24)26)23-16-9-7-13(2)11-14(16)3/h7-12,23H,6H2,1-5H3. The van der Waals surface area contributed by atoms with E-state index < -0.39 is 0 Å². The Bertz CT molecular complexity index is 978. The molecule has 1 N–H and O–H groups in total. The minimum atomic E-state index is -0.336. The van der Waals surface area contributed by atoms with Crippen molar-refractivity contribution in [2.75, 3.05) is 26.1 Å². The SMILES string of the molecule is CCN1C(=O)C(Nc2ccc(C)cc2C)=C(c2ccc(OC)c(OC)c2)C1=O. The number of imide groups is 1. The van der Waals surface area contributed by atoms with Gasteiger partial charge in [0.25, 0.3) is 11.8 Å². The first-order chi connectivity index (χ1) is 13.4. The maximum atomic E-state index is 13.0. The molecule has 6 heteroatoms. The molecule has 28 heavy (non-hydrogen) atoms. The van der Waals surface area contributed by atoms with Crippen LogP contribution in [-0.2, 0) is 9.59 Å². The third kappa shape index (κ3) is 3.33. The number of aryl methyl sites for hydroxylation is 2. The quantitative estimate of drug-likeness (QED) is 0.777. The lowest BCUT2D eigenvalue weighted by atomic mass is 10.0. The third-order valence-corrected chi connectivity index (χ3v) is 4.80. The number of carbonyl (C=O) groups is 2. The molecular formula is C22H24N2O4. The van der Waals surface area contributed by atoms with Crippen LogP contribution in [0.2, 0.25) is 0 Å². The monoisotopic (exact) mass is 380 g/mol. The fraction of sp³-hybridized carbons (Fsp3) is 0.273. The van der Waals surface area contributed by atoms with E-state index in [2.05, 4.69) is 5.32 Å². The van der Waals surface area contributed by atoms with Gasteiger partial charge in [-0.1, -0.05) is 23.8 Å². The van der Waals surface area contributed by atoms with E-state index in [0.717, 1.165) is 16.8 Å². The van der Waals surface area contributed by atoms with Crippen molar-refractivity contribution in [3.05, 3.63) is 58.8 Å². The van der Waals surface area contributed by atoms with Gasteiger partial charge in [-0.05, 0) is 50.1 Å². The molecule has 1 aliphatic rings. The van der Waals surface area contributed by atoms with Crippen LogP contribution in [0.5, 0.6) is 11.5 Å². The first-order valence-corrected chi connectivity index (χ1v) is 9.08. The van der Waals surface area contributed by atoms with Crippen LogP contribution in [0, 0.1) is 13.8 Å². The fourth-order valence-corrected chi connectivity index (χ4v) is 3.33. The van der Waals surface area contributed by atoms with Crippen molar-refractivity contribution < 1.29 is 19.1 Å². The number of methoxy groups -OCH3 is 2. The Morgan fingerprint density at radius 1 is 0.929 bits per heavy atom. The summed E-state index contributed by atoms with van der Waals surface area (Å²) in [6.07, 6.45) is 0. The lowest BCUT2D eigenvalue weighted by Gasteiger charge is -2.13. The molecule has 6 nitrogen and oxygen atoms in total. The molecule has 0 radical (unpaired) electrons. The van der Waals surface area contributed by atoms with E-state index in [1.165, 1.54) is 12.0 Å². The maximum absolute atomic E-state index is 13.0. The molecule has 0 aliphatic carbocycles. The van der Waals surface area contributed by atoms with Crippen LogP contribution in [0.25, 0.3) is 5.57 Å². The highest BCUT2D eigenvalue weighted by Gasteiger charge is 2.38. The molecule has 2 amide bonds. The Morgan fingerprint density at radius 3 is 2.25 bits per heavy atom. The second kappa shape index (κ2) is 7.76. The molecule has 0 saturated carbocycles. The first kappa shape index (κ1) is 19.5. The van der Waals surface area contributed by atoms with Crippen molar-refractivity contribution in [2.24, 2.45) is 0 Å². The largest absolute Gasteiger partial charge is 0.493 e. The topological polar surface area (TPSA) is 67.9 Å². The van der Waals surface area contributed by atoms with Gasteiger partial charge < -0.3 is 14.8 Å². The summed E-state index contributed by atoms with van der Waals surface area (Å²) in [5.74, 6) is 0.387. The predicted octanol–water partition coefficient (Wildman–Crippen LogP) is 3.53. The summed E-state index contributed by atoms with van der Waals surface area (Å²) in [7, 11) is 3.08. The predicted molar refractivity (Wildman–Crippen MR) is 108 cm³/mol. The highest BCUT2D eigenvalue weighted by molar-refractivity contribution is 6.36. The molecule has 3 rings (SSSR count). The van der Waals surface area contributed by atoms with E-state index in [-0.39, 0.29) is 17.5 Å². The lowest BCUT2D eigenvalue weighted by molar-refractivity contribution is -0.136. The number of carbonyl (C=O) groups excluding carboxylic acids is 2. The molecule has 0 fully saturated rings. The highest BCUT2D eigenvalue weighted by atomic mass is 16.5. The summed E-state index contributed by atoms with van der Waals surface area (Å²) in [6.45, 7) is 6.05. The van der Waals surface area contributed by atoms with E-state index in [9.17, 15) is 9.59 Å². The molecule has 0 bridgehead atoms. The van der Waals surface area contributed by atoms with Gasteiger partial charge in [-0.2, -0.15) is 0 Å². The number of nitrogens with zero attached hydrogens (tertiary/aromatic N) is 1. The molecule has 1 aliphatic heterocycles. The fourth-order valence-electron chi connectivity index (χ4n) is 3.33. The number of likely N-dealkylation sites (N-methyl/N-ethyl adjacent to an activating group) is 1. The van der Waals surface area contributed by atoms with Gasteiger partial charge in [-0.3, -0.25) is 14.5 Å². The van der Waals surface area contributed by atoms with Crippen LogP contribution in [0.4, 0.5) is 5.69 Å². The first-order valence-electron chi connectivity index (χ1n) is 9.08. The van der Waals surface area contributed by atoms with E-state index in [1.807, 2.05) is 32.0 Å². The van der Waals surface area contributed by atoms with Crippen molar-refractivity contribution in [2.45, 2.75) is 20.8 Å². The minimum Gasteiger partial charge on any atom is -0.493 e. The second-order valence-corrected chi connectivity index (χ2v) is 6.62. The van der Waals surface area contributed by atoms with Crippen molar-refractivity contribution >= 4 is 23.1 Å². The normalized spacial score (nSPS) is 14.0. The zero-order valence-electron chi connectivity index (χ0n) is 16.8. The minimum absolute atomic E-state index is 0.269. The Labute approximate surface area is 164 Å². The molecule has 0 aromatic heterocycles. The van der Waals surface area contributed by atoms with Crippen molar-refractivity contribution in [3.8, 4) is 11.5 Å². The van der Waals surface area contributed by atoms with Crippen LogP contribution in [0.1, 0.15) is 23.6 Å². The van der Waals surface area contributed by atoms with Gasteiger partial charge in [0.2, 0.25) is 0 Å². The van der Waals surface area contributed by atoms with E-state index >= 15 is 0 Å². The summed E-state index contributed by atoms with van der Waals surface area (Å²) < 4.78 is 10.6. The molecule has 146 valence electrons. The van der Waals surface area contributed by atoms with Gasteiger partial charge >= 0.3 is 0 Å². The van der Waals surface area contributed by atoms with Gasteiger partial charge in [0.15, 0.2) is 11.5 Å². The van der Waals surface area contributed by atoms with Crippen molar-refractivity contribution in [3.63, 3.8) is 0 Å². The second-order valence-electron chi connectivity index (χ2n) is 6.62. The third-order valence-electron chi connectivity index (χ3n) is 4.80. The molecule has 0 unspecified atom stereocenters. The van der Waals surface area contributed by atoms with Gasteiger partial charge in [0, 0.05) is 12.2 Å². The average Bonchev–Trinajstić information content (AvgIpc) is 2.92. The van der Waals surface area contributed by atoms with Crippen molar-refractivity contribution in [1.82, 2.24) is 4.90 Å². The molecule has 2 aromatic rings. The smallest absolute Gasteiger partial charge is 0.278 e. The van der Waals surface area contributed by atoms with E-state index in [1.54, 1.807) is 32.2 Å². The average molecular weight is 380 g/mol. The summed E-state index contributed by atoms with van der Waals surface area (Å²) in [6, 6.07) is 11.1. The number of benzene rings is 2. The molecule has 0 saturated heterocycles. The van der Waals surface area contributed by atoms with Gasteiger partial charge in [0.1, 0.15) is 5.70 Å². The number of nitrogens with one attached hydrogen (secondary N) is 1. The van der Waals surface area contributed by atoms with Crippen LogP contribution >= 0.6 is 0 Å². The molecule has 1 heterocycles. The molecular weight excluding hydrogens is 356 g/mol. The highest BCUT2D eigenvalue weighted by Crippen LogP contribution is 2.35. The number of hydrogen-bond donors (Lipinski definition) is 1. The number of amides is 2. The Hall–Kier alpha value is -3.28. The van der Waals surface area contributed by atoms with Crippen LogP contribution < -0.4 is 14.8 Å². The van der Waals surface area contributed by atoms with E-state index in [4.69, 9.17) is 9.47 Å². The van der Waals surface area contributed by atoms with Gasteiger partial charge in [-0.15, -0.1) is 0 Å². The van der Waals surface area contributed by atoms with E-state index in [0.29, 0.717) is 29.2 Å². The number of hydrogen-bond acceptors (Lipinski definition) is 5. The zero-order chi connectivity index (χ0) is 20.4. The molecule has 2 aromatic carbocycles. The van der Waals surface area contributed by atoms with Crippen LogP contribution in [0.3, 0.4) is 0 Å². The number of rotatable bonds is 6. The van der Waals surface area contributed by atoms with Crippen LogP contribution in [-0.4, -0.2) is 37.5 Å². The Morgan fingerprint density at radius 2 is 1.64 bits per heavy atom. The van der Waals surface area contributed by atoms with Gasteiger partial charge in [0.05, 0.1) is 19.8 Å². The van der Waals surface area contributed by atoms with Crippen LogP contribution in [0.15, 0.2) is 42.1 Å². The van der Waals surface area contributed by atoms with Gasteiger partial charge in [-0.25, -0.2) is 0 Å². The number of ether oxygens (including phenoxy) is 2. The number of anilines is 1.